The summed E-state index contributed by atoms with van der Waals surface area (Å²) in [5.74, 6) is 0.130. The van der Waals surface area contributed by atoms with E-state index in [4.69, 9.17) is 0 Å². The molecular weight excluding hydrogens is 840 g/mol. The van der Waals surface area contributed by atoms with Crippen LogP contribution in [0.4, 0.5) is 22.7 Å². The average molecular weight is 920 g/mol. The Morgan fingerprint density at radius 1 is 0.516 bits per heavy atom. The summed E-state index contributed by atoms with van der Waals surface area (Å²) in [5, 5.41) is 41.3. The van der Waals surface area contributed by atoms with E-state index in [9.17, 15) is 5.11 Å². The van der Waals surface area contributed by atoms with Gasteiger partial charge < -0.3 is 10.4 Å². The summed E-state index contributed by atoms with van der Waals surface area (Å²) in [6.45, 7) is 27.7. The van der Waals surface area contributed by atoms with E-state index in [-0.39, 0.29) is 38.5 Å². The largest absolute Gasteiger partial charge is 0.505 e. The first-order valence-corrected chi connectivity index (χ1v) is 21.9. The van der Waals surface area contributed by atoms with E-state index in [0.29, 0.717) is 11.4 Å². The molecule has 0 fully saturated rings. The molecule has 0 atom stereocenters. The number of fused-ring (bicyclic) bond motifs is 2. The number of aromatic hydroxyl groups is 1. The Labute approximate surface area is 403 Å². The monoisotopic (exact) mass is 920 g/mol. The number of nitrogens with zero attached hydrogens (tertiary/aromatic N) is 6. The molecule has 1 radical (unpaired) electrons. The summed E-state index contributed by atoms with van der Waals surface area (Å²) in [6, 6.07) is 43.2. The van der Waals surface area contributed by atoms with Gasteiger partial charge in [0.25, 0.3) is 0 Å². The second-order valence-corrected chi connectivity index (χ2v) is 13.0. The fraction of sp³-hybridized carbons (Fsp3) is 0.396. The van der Waals surface area contributed by atoms with Crippen LogP contribution >= 0.6 is 0 Å². The van der Waals surface area contributed by atoms with Gasteiger partial charge in [0.2, 0.25) is 0 Å². The second kappa shape index (κ2) is 45.9. The minimum atomic E-state index is 0. The Morgan fingerprint density at radius 3 is 1.32 bits per heavy atom. The molecule has 0 spiro atoms. The van der Waals surface area contributed by atoms with Crippen molar-refractivity contribution >= 4 is 44.3 Å². The summed E-state index contributed by atoms with van der Waals surface area (Å²) >= 11 is 0. The van der Waals surface area contributed by atoms with Crippen LogP contribution in [0, 0.1) is 19.9 Å². The van der Waals surface area contributed by atoms with Crippen molar-refractivity contribution in [2.45, 2.75) is 116 Å². The van der Waals surface area contributed by atoms with E-state index in [1.807, 2.05) is 101 Å². The van der Waals surface area contributed by atoms with Crippen LogP contribution in [0.2, 0.25) is 0 Å². The zero-order valence-electron chi connectivity index (χ0n) is 41.3. The molecule has 337 valence electrons. The number of benzene rings is 6. The van der Waals surface area contributed by atoms with Gasteiger partial charge in [-0.1, -0.05) is 187 Å². The van der Waals surface area contributed by atoms with Gasteiger partial charge in [0.05, 0.1) is 0 Å². The smallest absolute Gasteiger partial charge is 0.151 e. The van der Waals surface area contributed by atoms with Crippen molar-refractivity contribution in [2.24, 2.45) is 30.7 Å². The van der Waals surface area contributed by atoms with Crippen molar-refractivity contribution in [3.8, 4) is 5.75 Å². The molecule has 6 aromatic carbocycles. The fourth-order valence-electron chi connectivity index (χ4n) is 4.43. The molecule has 0 aliphatic heterocycles. The Bertz CT molecular complexity index is 1890. The second-order valence-electron chi connectivity index (χ2n) is 13.0. The number of hydrogen-bond acceptors (Lipinski definition) is 8. The van der Waals surface area contributed by atoms with Crippen molar-refractivity contribution in [2.75, 3.05) is 33.0 Å². The number of anilines is 1. The molecule has 0 saturated carbocycles. The Morgan fingerprint density at radius 2 is 0.952 bits per heavy atom. The van der Waals surface area contributed by atoms with E-state index < -0.39 is 0 Å². The molecule has 0 unspecified atom stereocenters. The molecular formula is C53H80N7OY-. The number of hydrogen-bond donors (Lipinski definition) is 2. The van der Waals surface area contributed by atoms with Crippen LogP contribution in [0.5, 0.6) is 5.75 Å². The third-order valence-corrected chi connectivity index (χ3v) is 6.76. The molecule has 9 heteroatoms. The van der Waals surface area contributed by atoms with E-state index in [1.54, 1.807) is 27.2 Å². The third-order valence-electron chi connectivity index (χ3n) is 6.76. The molecule has 0 saturated heterocycles. The first-order valence-electron chi connectivity index (χ1n) is 21.9. The van der Waals surface area contributed by atoms with Gasteiger partial charge in [0.15, 0.2) is 5.75 Å². The summed E-state index contributed by atoms with van der Waals surface area (Å²) in [4.78, 5) is 0. The fourth-order valence-corrected chi connectivity index (χ4v) is 4.43. The number of aryl methyl sites for hydroxylation is 2. The van der Waals surface area contributed by atoms with Gasteiger partial charge in [-0.05, 0) is 71.2 Å². The van der Waals surface area contributed by atoms with Gasteiger partial charge in [-0.25, -0.2) is 10.2 Å². The number of azo groups is 3. The van der Waals surface area contributed by atoms with Gasteiger partial charge in [-0.3, -0.25) is 0 Å². The van der Waals surface area contributed by atoms with Gasteiger partial charge in [-0.15, -0.1) is 22.8 Å². The zero-order valence-corrected chi connectivity index (χ0v) is 44.1. The summed E-state index contributed by atoms with van der Waals surface area (Å²) < 4.78 is 0. The van der Waals surface area contributed by atoms with E-state index >= 15 is 0 Å². The van der Waals surface area contributed by atoms with E-state index in [1.165, 1.54) is 36.5 Å². The van der Waals surface area contributed by atoms with E-state index in [0.717, 1.165) is 39.8 Å². The Hall–Kier alpha value is -4.66. The van der Waals surface area contributed by atoms with Crippen LogP contribution < -0.4 is 5.32 Å². The van der Waals surface area contributed by atoms with Crippen LogP contribution in [0.3, 0.4) is 0 Å². The Kier molecular flexibility index (Phi) is 47.3. The summed E-state index contributed by atoms with van der Waals surface area (Å²) in [6.07, 6.45) is 5.00. The first kappa shape index (κ1) is 64.0. The SMILES string of the molecule is CC.CCC.CCC.CCC.CCC.CCNc1ccc2c(O)c(N=Nc3[c-]cc(N=NC)c(C)c3)c(C)cc2c1.CN=NC.[Y].c1ccc2ccccc2c1.c1ccccc1. The van der Waals surface area contributed by atoms with Crippen LogP contribution in [-0.2, 0) is 32.7 Å². The maximum absolute atomic E-state index is 10.7. The molecule has 62 heavy (non-hydrogen) atoms. The van der Waals surface area contributed by atoms with Gasteiger partial charge in [-0.2, -0.15) is 21.4 Å². The summed E-state index contributed by atoms with van der Waals surface area (Å²) in [5.41, 5.74) is 4.59. The quantitative estimate of drug-likeness (QED) is 0.133. The van der Waals surface area contributed by atoms with Crippen molar-refractivity contribution < 1.29 is 37.8 Å². The molecule has 0 bridgehead atoms. The molecule has 0 amide bonds. The van der Waals surface area contributed by atoms with Crippen LogP contribution in [-0.4, -0.2) is 32.8 Å². The van der Waals surface area contributed by atoms with Crippen molar-refractivity contribution in [1.29, 1.82) is 0 Å². The third kappa shape index (κ3) is 30.4. The normalized spacial score (nSPS) is 9.35. The number of phenolic OH excluding ortho intramolecular Hbond substituents is 1. The standard InChI is InChI=1S/C21H22N5O.C10H8.C6H6.4C3H8.C2H6N2.C2H6.Y/c1-5-23-16-6-8-18-15(12-16)10-14(3)20(21(18)27)26-24-17-7-9-19(25-22-4)13(2)11-17;1-2-6-10-8-4-3-7-9(10)5-1;1-2-4-6-5-3-1;4*1-3-2;1-3-4-2;1-2;/h6,8-12,23,27H,5H2,1-4H3;1-8H;1-6H;4*3H2,1-2H3;1-2H3;1-2H3;/q-1;;;;;;;;;. The minimum absolute atomic E-state index is 0. The molecule has 2 N–H and O–H groups in total. The van der Waals surface area contributed by atoms with Crippen molar-refractivity contribution in [3.63, 3.8) is 0 Å². The molecule has 0 heterocycles. The van der Waals surface area contributed by atoms with Crippen LogP contribution in [0.15, 0.2) is 152 Å². The molecule has 0 aliphatic rings. The first-order chi connectivity index (χ1) is 29.6. The maximum atomic E-state index is 10.7. The van der Waals surface area contributed by atoms with Gasteiger partial charge >= 0.3 is 0 Å². The number of nitrogens with one attached hydrogen (secondary N) is 1. The predicted molar refractivity (Wildman–Crippen MR) is 271 cm³/mol. The topological polar surface area (TPSA) is 106 Å². The summed E-state index contributed by atoms with van der Waals surface area (Å²) in [7, 11) is 4.90. The maximum Gasteiger partial charge on any atom is 0.151 e. The number of phenols is 1. The number of rotatable bonds is 5. The zero-order chi connectivity index (χ0) is 46.7. The van der Waals surface area contributed by atoms with Crippen molar-refractivity contribution in [1.82, 2.24) is 0 Å². The van der Waals surface area contributed by atoms with Crippen LogP contribution in [0.1, 0.15) is 113 Å². The average Bonchev–Trinajstić information content (AvgIpc) is 3.27. The molecule has 6 aromatic rings. The van der Waals surface area contributed by atoms with Crippen LogP contribution in [0.25, 0.3) is 21.5 Å². The van der Waals surface area contributed by atoms with Gasteiger partial charge in [0, 0.05) is 71.5 Å². The minimum Gasteiger partial charge on any atom is -0.505 e. The molecule has 0 aromatic heterocycles. The van der Waals surface area contributed by atoms with Crippen molar-refractivity contribution in [3.05, 3.63) is 139 Å². The molecule has 0 aliphatic carbocycles. The Balaban J connectivity index is -0.000000392. The predicted octanol–water partition coefficient (Wildman–Crippen LogP) is 18.4. The molecule has 6 rings (SSSR count). The molecule has 8 nitrogen and oxygen atoms in total. The van der Waals surface area contributed by atoms with E-state index in [2.05, 4.69) is 146 Å². The van der Waals surface area contributed by atoms with Gasteiger partial charge in [0.1, 0.15) is 5.69 Å².